The molecule has 0 saturated heterocycles. The normalized spacial score (nSPS) is 16.8. The summed E-state index contributed by atoms with van der Waals surface area (Å²) in [6.07, 6.45) is -0.604. The Balaban J connectivity index is 1.55. The van der Waals surface area contributed by atoms with Crippen LogP contribution in [0.15, 0.2) is 76.8 Å². The van der Waals surface area contributed by atoms with Crippen LogP contribution in [0.25, 0.3) is 5.70 Å². The minimum Gasteiger partial charge on any atom is -0.504 e. The van der Waals surface area contributed by atoms with Gasteiger partial charge in [0.25, 0.3) is 5.91 Å². The molecule has 0 fully saturated rings. The van der Waals surface area contributed by atoms with Crippen LogP contribution in [0.2, 0.25) is 0 Å². The number of rotatable bonds is 4. The number of para-hydroxylation sites is 1. The smallest absolute Gasteiger partial charge is 0.276 e. The first-order chi connectivity index (χ1) is 16.0. The molecule has 8 heteroatoms. The molecule has 1 unspecified atom stereocenters. The first kappa shape index (κ1) is 21.1. The molecule has 2 heterocycles. The Hall–Kier alpha value is -3.78. The molecule has 0 aromatic heterocycles. The number of aryl methyl sites for hydroxylation is 1. The van der Waals surface area contributed by atoms with Gasteiger partial charge in [-0.1, -0.05) is 65.9 Å². The lowest BCUT2D eigenvalue weighted by Crippen LogP contribution is -2.50. The summed E-state index contributed by atoms with van der Waals surface area (Å²) in [5.74, 6) is 0.810. The van der Waals surface area contributed by atoms with Crippen molar-refractivity contribution < 1.29 is 14.6 Å². The molecule has 3 aromatic rings. The van der Waals surface area contributed by atoms with Gasteiger partial charge in [-0.05, 0) is 30.7 Å². The monoisotopic (exact) mass is 458 g/mol. The van der Waals surface area contributed by atoms with Gasteiger partial charge in [0.2, 0.25) is 0 Å². The van der Waals surface area contributed by atoms with Gasteiger partial charge < -0.3 is 9.84 Å². The van der Waals surface area contributed by atoms with E-state index in [4.69, 9.17) is 14.8 Å². The molecule has 2 N–H and O–H groups in total. The summed E-state index contributed by atoms with van der Waals surface area (Å²) in [6.45, 7) is 2.05. The predicted octanol–water partition coefficient (Wildman–Crippen LogP) is 2.79. The van der Waals surface area contributed by atoms with Gasteiger partial charge in [0.1, 0.15) is 5.70 Å². The van der Waals surface area contributed by atoms with Crippen LogP contribution in [0.5, 0.6) is 11.5 Å². The molecule has 0 aliphatic carbocycles. The number of nitrogens with zero attached hydrogens (tertiary/aromatic N) is 3. The second-order valence-corrected chi connectivity index (χ2v) is 8.74. The molecule has 7 nitrogen and oxygen atoms in total. The molecular weight excluding hydrogens is 436 g/mol. The standard InChI is InChI=1S/C25H22N4O3S/c1-15-7-9-16(10-8-15)14-33-25-27-24(31)22-18-5-3-4-6-19(18)26-23(29(22)28-25)17-11-12-21(32-2)20(30)13-17/h3-13,23,30H,14H2,1-2H3,(H,27,28,31). The van der Waals surface area contributed by atoms with Crippen LogP contribution in [0, 0.1) is 6.92 Å². The lowest BCUT2D eigenvalue weighted by Gasteiger charge is -2.34. The Morgan fingerprint density at radius 1 is 1.12 bits per heavy atom. The van der Waals surface area contributed by atoms with Gasteiger partial charge in [-0.3, -0.25) is 15.1 Å². The lowest BCUT2D eigenvalue weighted by atomic mass is 10.1. The third kappa shape index (κ3) is 4.05. The van der Waals surface area contributed by atoms with Crippen LogP contribution in [-0.4, -0.2) is 28.3 Å². The van der Waals surface area contributed by atoms with Gasteiger partial charge in [0, 0.05) is 16.5 Å². The minimum absolute atomic E-state index is 0.00465. The van der Waals surface area contributed by atoms with E-state index in [0.29, 0.717) is 33.3 Å². The molecule has 5 rings (SSSR count). The summed E-state index contributed by atoms with van der Waals surface area (Å²) in [5, 5.41) is 21.6. The van der Waals surface area contributed by atoms with Crippen molar-refractivity contribution in [3.63, 3.8) is 0 Å². The molecule has 0 bridgehead atoms. The highest BCUT2D eigenvalue weighted by Gasteiger charge is 2.34. The van der Waals surface area contributed by atoms with Crippen molar-refractivity contribution in [2.75, 3.05) is 7.11 Å². The summed E-state index contributed by atoms with van der Waals surface area (Å²) >= 11 is 1.46. The molecule has 1 amide bonds. The van der Waals surface area contributed by atoms with Gasteiger partial charge in [-0.25, -0.2) is 5.01 Å². The maximum Gasteiger partial charge on any atom is 0.276 e. The van der Waals surface area contributed by atoms with E-state index in [0.717, 1.165) is 10.8 Å². The number of methoxy groups -OCH3 is 1. The molecule has 0 saturated carbocycles. The van der Waals surface area contributed by atoms with E-state index in [1.165, 1.54) is 24.4 Å². The molecule has 33 heavy (non-hydrogen) atoms. The van der Waals surface area contributed by atoms with Gasteiger partial charge in [0.05, 0.1) is 12.5 Å². The van der Waals surface area contributed by atoms with Crippen molar-refractivity contribution in [3.05, 3.63) is 94.0 Å². The Morgan fingerprint density at radius 3 is 2.67 bits per heavy atom. The average Bonchev–Trinajstić information content (AvgIpc) is 2.83. The van der Waals surface area contributed by atoms with Crippen molar-refractivity contribution in [3.8, 4) is 11.5 Å². The SMILES string of the molecule is COc1ccc(C2N=c3ccccc3=C3C(=O)NC(SCc4ccc(C)cc4)=NN32)cc1O. The number of phenols is 1. The zero-order valence-corrected chi connectivity index (χ0v) is 19.0. The fourth-order valence-corrected chi connectivity index (χ4v) is 4.62. The Bertz CT molecular complexity index is 1390. The number of hydrogen-bond donors (Lipinski definition) is 2. The summed E-state index contributed by atoms with van der Waals surface area (Å²) in [7, 11) is 1.50. The zero-order chi connectivity index (χ0) is 22.9. The average molecular weight is 459 g/mol. The fraction of sp³-hybridized carbons (Fsp3) is 0.160. The maximum absolute atomic E-state index is 13.2. The number of nitrogens with one attached hydrogen (secondary N) is 1. The van der Waals surface area contributed by atoms with Crippen LogP contribution < -0.4 is 20.6 Å². The van der Waals surface area contributed by atoms with E-state index in [2.05, 4.69) is 36.5 Å². The number of benzene rings is 3. The van der Waals surface area contributed by atoms with Crippen molar-refractivity contribution >= 4 is 28.5 Å². The summed E-state index contributed by atoms with van der Waals surface area (Å²) in [4.78, 5) is 18.1. The second-order valence-electron chi connectivity index (χ2n) is 7.78. The van der Waals surface area contributed by atoms with Crippen LogP contribution in [0.3, 0.4) is 0 Å². The van der Waals surface area contributed by atoms with Crippen LogP contribution in [-0.2, 0) is 10.5 Å². The summed E-state index contributed by atoms with van der Waals surface area (Å²) in [5.41, 5.74) is 3.47. The number of carbonyl (C=O) groups is 1. The second kappa shape index (κ2) is 8.63. The van der Waals surface area contributed by atoms with Gasteiger partial charge in [0.15, 0.2) is 22.8 Å². The molecule has 2 aliphatic rings. The van der Waals surface area contributed by atoms with Crippen molar-refractivity contribution in [2.24, 2.45) is 10.1 Å². The number of ether oxygens (including phenoxy) is 1. The van der Waals surface area contributed by atoms with Gasteiger partial charge in [-0.2, -0.15) is 0 Å². The van der Waals surface area contributed by atoms with E-state index >= 15 is 0 Å². The third-order valence-electron chi connectivity index (χ3n) is 5.51. The Labute approximate surface area is 195 Å². The molecule has 0 spiro atoms. The highest BCUT2D eigenvalue weighted by atomic mass is 32.2. The number of hydrogen-bond acceptors (Lipinski definition) is 7. The number of amides is 1. The Kier molecular flexibility index (Phi) is 5.51. The molecular formula is C25H22N4O3S. The summed E-state index contributed by atoms with van der Waals surface area (Å²) < 4.78 is 5.17. The molecule has 3 aromatic carbocycles. The van der Waals surface area contributed by atoms with Crippen molar-refractivity contribution in [1.29, 1.82) is 0 Å². The topological polar surface area (TPSA) is 86.5 Å². The number of hydrazone groups is 1. The molecule has 0 radical (unpaired) electrons. The van der Waals surface area contributed by atoms with Gasteiger partial charge >= 0.3 is 0 Å². The van der Waals surface area contributed by atoms with E-state index in [-0.39, 0.29) is 11.7 Å². The molecule has 1 atom stereocenters. The van der Waals surface area contributed by atoms with Crippen LogP contribution in [0.1, 0.15) is 22.9 Å². The number of aromatic hydroxyl groups is 1. The van der Waals surface area contributed by atoms with E-state index in [9.17, 15) is 9.90 Å². The van der Waals surface area contributed by atoms with Crippen molar-refractivity contribution in [1.82, 2.24) is 10.3 Å². The number of amidine groups is 1. The zero-order valence-electron chi connectivity index (χ0n) is 18.1. The number of phenolic OH excluding ortho intramolecular Hbond substituents is 1. The lowest BCUT2D eigenvalue weighted by molar-refractivity contribution is -0.116. The Morgan fingerprint density at radius 2 is 1.91 bits per heavy atom. The number of fused-ring (bicyclic) bond motifs is 2. The number of thioether (sulfide) groups is 1. The summed E-state index contributed by atoms with van der Waals surface area (Å²) in [6, 6.07) is 20.9. The highest BCUT2D eigenvalue weighted by molar-refractivity contribution is 8.13. The van der Waals surface area contributed by atoms with E-state index in [1.54, 1.807) is 17.1 Å². The fourth-order valence-electron chi connectivity index (χ4n) is 3.81. The predicted molar refractivity (Wildman–Crippen MR) is 128 cm³/mol. The quantitative estimate of drug-likeness (QED) is 0.628. The highest BCUT2D eigenvalue weighted by Crippen LogP contribution is 2.35. The molecule has 166 valence electrons. The van der Waals surface area contributed by atoms with E-state index < -0.39 is 6.17 Å². The van der Waals surface area contributed by atoms with Crippen LogP contribution >= 0.6 is 11.8 Å². The minimum atomic E-state index is -0.604. The first-order valence-electron chi connectivity index (χ1n) is 10.4. The first-order valence-corrected chi connectivity index (χ1v) is 11.4. The van der Waals surface area contributed by atoms with Crippen LogP contribution in [0.4, 0.5) is 0 Å². The molecule has 2 aliphatic heterocycles. The van der Waals surface area contributed by atoms with E-state index in [1.807, 2.05) is 30.3 Å². The number of carbonyl (C=O) groups excluding carboxylic acids is 1. The largest absolute Gasteiger partial charge is 0.504 e. The third-order valence-corrected chi connectivity index (χ3v) is 6.45. The van der Waals surface area contributed by atoms with Crippen molar-refractivity contribution in [2.45, 2.75) is 18.8 Å². The maximum atomic E-state index is 13.2. The van der Waals surface area contributed by atoms with Gasteiger partial charge in [-0.15, -0.1) is 5.10 Å².